The Hall–Kier alpha value is -2.02. The average Bonchev–Trinajstić information content (AvgIpc) is 2.78. The minimum atomic E-state index is -0.0442. The van der Waals surface area contributed by atoms with Crippen LogP contribution >= 0.6 is 0 Å². The Kier molecular flexibility index (Phi) is 2.90. The summed E-state index contributed by atoms with van der Waals surface area (Å²) >= 11 is 0. The van der Waals surface area contributed by atoms with Gasteiger partial charge in [-0.3, -0.25) is 0 Å². The minimum Gasteiger partial charge on any atom is -0.375 e. The van der Waals surface area contributed by atoms with Crippen LogP contribution in [-0.4, -0.2) is 5.54 Å². The molecule has 1 aliphatic rings. The molecular formula is C18H19N. The fourth-order valence-electron chi connectivity index (χ4n) is 2.91. The molecule has 1 N–H and O–H groups in total. The molecule has 1 heterocycles. The van der Waals surface area contributed by atoms with E-state index in [4.69, 9.17) is 0 Å². The molecule has 2 aromatic carbocycles. The number of anilines is 1. The molecule has 3 rings (SSSR count). The van der Waals surface area contributed by atoms with Gasteiger partial charge in [0, 0.05) is 12.1 Å². The highest BCUT2D eigenvalue weighted by Crippen LogP contribution is 2.35. The number of fused-ring (bicyclic) bond motifs is 1. The molecule has 0 aromatic heterocycles. The summed E-state index contributed by atoms with van der Waals surface area (Å²) in [5.41, 5.74) is 5.27. The molecule has 0 saturated carbocycles. The summed E-state index contributed by atoms with van der Waals surface area (Å²) in [6, 6.07) is 17.2. The van der Waals surface area contributed by atoms with Crippen molar-refractivity contribution in [3.05, 3.63) is 77.9 Å². The summed E-state index contributed by atoms with van der Waals surface area (Å²) in [7, 11) is 0. The molecule has 0 amide bonds. The summed E-state index contributed by atoms with van der Waals surface area (Å²) in [6.07, 6.45) is 4.06. The molecule has 0 fully saturated rings. The van der Waals surface area contributed by atoms with Gasteiger partial charge < -0.3 is 5.32 Å². The van der Waals surface area contributed by atoms with Crippen molar-refractivity contribution in [1.82, 2.24) is 0 Å². The smallest absolute Gasteiger partial charge is 0.0634 e. The van der Waals surface area contributed by atoms with Crippen LogP contribution in [0.15, 0.2) is 61.2 Å². The molecule has 1 nitrogen and oxygen atoms in total. The zero-order valence-electron chi connectivity index (χ0n) is 11.3. The zero-order chi connectivity index (χ0) is 13.3. The molecule has 0 aliphatic carbocycles. The van der Waals surface area contributed by atoms with E-state index in [0.717, 1.165) is 12.8 Å². The van der Waals surface area contributed by atoms with Crippen molar-refractivity contribution < 1.29 is 0 Å². The first kappa shape index (κ1) is 12.0. The SMILES string of the molecule is C=C[C@]1(Cc2ccccc2)Cc2cc(C)ccc2N1. The van der Waals surface area contributed by atoms with Gasteiger partial charge in [-0.05, 0) is 30.5 Å². The Labute approximate surface area is 115 Å². The second-order valence-corrected chi connectivity index (χ2v) is 5.49. The van der Waals surface area contributed by atoms with Crippen LogP contribution < -0.4 is 5.32 Å². The Morgan fingerprint density at radius 2 is 2.00 bits per heavy atom. The van der Waals surface area contributed by atoms with Crippen molar-refractivity contribution in [2.45, 2.75) is 25.3 Å². The highest BCUT2D eigenvalue weighted by molar-refractivity contribution is 5.61. The van der Waals surface area contributed by atoms with Gasteiger partial charge in [-0.25, -0.2) is 0 Å². The number of aryl methyl sites for hydroxylation is 1. The maximum Gasteiger partial charge on any atom is 0.0634 e. The Bertz CT molecular complexity index is 600. The topological polar surface area (TPSA) is 12.0 Å². The van der Waals surface area contributed by atoms with E-state index in [1.165, 1.54) is 22.4 Å². The summed E-state index contributed by atoms with van der Waals surface area (Å²) in [5.74, 6) is 0. The number of rotatable bonds is 3. The quantitative estimate of drug-likeness (QED) is 0.806. The van der Waals surface area contributed by atoms with Gasteiger partial charge in [0.05, 0.1) is 5.54 Å². The highest BCUT2D eigenvalue weighted by atomic mass is 15.0. The Morgan fingerprint density at radius 3 is 2.74 bits per heavy atom. The van der Waals surface area contributed by atoms with Crippen molar-refractivity contribution in [3.63, 3.8) is 0 Å². The van der Waals surface area contributed by atoms with Crippen LogP contribution in [-0.2, 0) is 12.8 Å². The van der Waals surface area contributed by atoms with Crippen molar-refractivity contribution in [2.24, 2.45) is 0 Å². The van der Waals surface area contributed by atoms with E-state index < -0.39 is 0 Å². The molecule has 0 spiro atoms. The minimum absolute atomic E-state index is 0.0442. The first-order chi connectivity index (χ1) is 9.21. The van der Waals surface area contributed by atoms with Crippen LogP contribution in [0.5, 0.6) is 0 Å². The van der Waals surface area contributed by atoms with E-state index >= 15 is 0 Å². The van der Waals surface area contributed by atoms with Gasteiger partial charge in [0.25, 0.3) is 0 Å². The first-order valence-corrected chi connectivity index (χ1v) is 6.76. The van der Waals surface area contributed by atoms with Crippen molar-refractivity contribution in [1.29, 1.82) is 0 Å². The van der Waals surface area contributed by atoms with Gasteiger partial charge in [0.1, 0.15) is 0 Å². The molecule has 1 atom stereocenters. The summed E-state index contributed by atoms with van der Waals surface area (Å²) in [5, 5.41) is 3.66. The van der Waals surface area contributed by atoms with Crippen LogP contribution in [0.4, 0.5) is 5.69 Å². The van der Waals surface area contributed by atoms with Gasteiger partial charge in [-0.1, -0.05) is 54.1 Å². The second kappa shape index (κ2) is 4.58. The molecule has 0 saturated heterocycles. The molecule has 1 aliphatic heterocycles. The predicted octanol–water partition coefficient (Wildman–Crippen LogP) is 4.13. The molecule has 96 valence electrons. The number of hydrogen-bond acceptors (Lipinski definition) is 1. The maximum atomic E-state index is 4.05. The fraction of sp³-hybridized carbons (Fsp3) is 0.222. The number of benzene rings is 2. The van der Waals surface area contributed by atoms with E-state index in [2.05, 4.69) is 73.4 Å². The van der Waals surface area contributed by atoms with E-state index in [-0.39, 0.29) is 5.54 Å². The van der Waals surface area contributed by atoms with Gasteiger partial charge in [-0.2, -0.15) is 0 Å². The highest BCUT2D eigenvalue weighted by Gasteiger charge is 2.33. The average molecular weight is 249 g/mol. The second-order valence-electron chi connectivity index (χ2n) is 5.49. The summed E-state index contributed by atoms with van der Waals surface area (Å²) < 4.78 is 0. The van der Waals surface area contributed by atoms with Crippen molar-refractivity contribution in [2.75, 3.05) is 5.32 Å². The van der Waals surface area contributed by atoms with Gasteiger partial charge >= 0.3 is 0 Å². The van der Waals surface area contributed by atoms with Crippen LogP contribution in [0, 0.1) is 6.92 Å². The van der Waals surface area contributed by atoms with Gasteiger partial charge in [0.15, 0.2) is 0 Å². The van der Waals surface area contributed by atoms with E-state index in [9.17, 15) is 0 Å². The first-order valence-electron chi connectivity index (χ1n) is 6.76. The lowest BCUT2D eigenvalue weighted by Crippen LogP contribution is -2.36. The molecule has 19 heavy (non-hydrogen) atoms. The molecule has 0 unspecified atom stereocenters. The number of hydrogen-bond donors (Lipinski definition) is 1. The lowest BCUT2D eigenvalue weighted by molar-refractivity contribution is 0.596. The van der Waals surface area contributed by atoms with Crippen molar-refractivity contribution >= 4 is 5.69 Å². The molecule has 0 radical (unpaired) electrons. The normalized spacial score (nSPS) is 20.7. The molecule has 1 heteroatoms. The Morgan fingerprint density at radius 1 is 1.21 bits per heavy atom. The van der Waals surface area contributed by atoms with Crippen molar-refractivity contribution in [3.8, 4) is 0 Å². The van der Waals surface area contributed by atoms with Crippen LogP contribution in [0.1, 0.15) is 16.7 Å². The number of nitrogens with one attached hydrogen (secondary N) is 1. The lowest BCUT2D eigenvalue weighted by atomic mass is 9.88. The predicted molar refractivity (Wildman–Crippen MR) is 81.6 cm³/mol. The third kappa shape index (κ3) is 2.28. The monoisotopic (exact) mass is 249 g/mol. The van der Waals surface area contributed by atoms with Crippen LogP contribution in [0.3, 0.4) is 0 Å². The largest absolute Gasteiger partial charge is 0.375 e. The standard InChI is InChI=1S/C18H19N/c1-3-18(12-15-7-5-4-6-8-15)13-16-11-14(2)9-10-17(16)19-18/h3-11,19H,1,12-13H2,2H3/t18-/m0/s1. The van der Waals surface area contributed by atoms with E-state index in [1.807, 2.05) is 0 Å². The lowest BCUT2D eigenvalue weighted by Gasteiger charge is -2.26. The van der Waals surface area contributed by atoms with Crippen LogP contribution in [0.25, 0.3) is 0 Å². The maximum absolute atomic E-state index is 4.05. The molecule has 2 aromatic rings. The summed E-state index contributed by atoms with van der Waals surface area (Å²) in [4.78, 5) is 0. The zero-order valence-corrected chi connectivity index (χ0v) is 11.3. The van der Waals surface area contributed by atoms with Gasteiger partial charge in [-0.15, -0.1) is 6.58 Å². The third-order valence-electron chi connectivity index (χ3n) is 3.90. The third-order valence-corrected chi connectivity index (χ3v) is 3.90. The van der Waals surface area contributed by atoms with Gasteiger partial charge in [0.2, 0.25) is 0 Å². The Balaban J connectivity index is 1.89. The van der Waals surface area contributed by atoms with E-state index in [1.54, 1.807) is 0 Å². The fourth-order valence-corrected chi connectivity index (χ4v) is 2.91. The van der Waals surface area contributed by atoms with E-state index in [0.29, 0.717) is 0 Å². The summed E-state index contributed by atoms with van der Waals surface area (Å²) in [6.45, 7) is 6.20. The van der Waals surface area contributed by atoms with Crippen LogP contribution in [0.2, 0.25) is 0 Å². The molecular weight excluding hydrogens is 230 g/mol. The molecule has 0 bridgehead atoms.